The molecule has 0 fully saturated rings. The van der Waals surface area contributed by atoms with E-state index in [1.165, 1.54) is 34.6 Å². The van der Waals surface area contributed by atoms with Gasteiger partial charge in [0.15, 0.2) is 15.0 Å². The van der Waals surface area contributed by atoms with Gasteiger partial charge in [0, 0.05) is 23.8 Å². The number of hydrogen-bond acceptors (Lipinski definition) is 5. The molecule has 0 aliphatic rings. The predicted molar refractivity (Wildman–Crippen MR) is 104 cm³/mol. The summed E-state index contributed by atoms with van der Waals surface area (Å²) in [5, 5.41) is 3.14. The summed E-state index contributed by atoms with van der Waals surface area (Å²) in [7, 11) is -3.49. The number of aryl methyl sites for hydroxylation is 1. The van der Waals surface area contributed by atoms with Crippen LogP contribution in [0.2, 0.25) is 0 Å². The summed E-state index contributed by atoms with van der Waals surface area (Å²) in [6.07, 6.45) is 3.54. The molecule has 2 aromatic carbocycles. The molecule has 0 atom stereocenters. The molecular formula is C19H18N2O3S2. The van der Waals surface area contributed by atoms with Crippen molar-refractivity contribution in [2.24, 2.45) is 0 Å². The number of sulfone groups is 1. The minimum atomic E-state index is -3.49. The van der Waals surface area contributed by atoms with E-state index < -0.39 is 15.7 Å². The second kappa shape index (κ2) is 7.39. The minimum Gasteiger partial charge on any atom is -0.298 e. The average Bonchev–Trinajstić information content (AvgIpc) is 3.01. The van der Waals surface area contributed by atoms with Crippen molar-refractivity contribution in [1.29, 1.82) is 0 Å². The van der Waals surface area contributed by atoms with Crippen LogP contribution in [0.4, 0.5) is 5.13 Å². The number of thiazole rings is 1. The number of benzene rings is 2. The van der Waals surface area contributed by atoms with Crippen LogP contribution in [0.25, 0.3) is 0 Å². The van der Waals surface area contributed by atoms with Crippen molar-refractivity contribution in [3.05, 3.63) is 76.3 Å². The van der Waals surface area contributed by atoms with Gasteiger partial charge in [0.25, 0.3) is 5.91 Å². The topological polar surface area (TPSA) is 76.1 Å². The maximum absolute atomic E-state index is 12.5. The number of amides is 1. The number of hydrogen-bond donors (Lipinski definition) is 1. The Morgan fingerprint density at radius 1 is 1.15 bits per heavy atom. The Kier molecular flexibility index (Phi) is 5.20. The van der Waals surface area contributed by atoms with Gasteiger partial charge in [0.2, 0.25) is 0 Å². The zero-order chi connectivity index (χ0) is 18.7. The molecule has 1 N–H and O–H groups in total. The highest BCUT2D eigenvalue weighted by Crippen LogP contribution is 2.23. The van der Waals surface area contributed by atoms with Crippen molar-refractivity contribution >= 4 is 32.2 Å². The predicted octanol–water partition coefficient (Wildman–Crippen LogP) is 3.70. The first-order chi connectivity index (χ1) is 12.3. The molecule has 0 unspecified atom stereocenters. The molecule has 0 spiro atoms. The molecule has 3 aromatic rings. The number of carbonyl (C=O) groups excluding carboxylic acids is 1. The molecule has 0 radical (unpaired) electrons. The fraction of sp³-hybridized carbons (Fsp3) is 0.158. The molecule has 0 aliphatic heterocycles. The lowest BCUT2D eigenvalue weighted by Gasteiger charge is -2.06. The lowest BCUT2D eigenvalue weighted by molar-refractivity contribution is 0.102. The van der Waals surface area contributed by atoms with E-state index in [2.05, 4.69) is 16.4 Å². The summed E-state index contributed by atoms with van der Waals surface area (Å²) >= 11 is 1.38. The Bertz CT molecular complexity index is 1060. The molecule has 0 saturated heterocycles. The van der Waals surface area contributed by atoms with Gasteiger partial charge in [-0.05, 0) is 24.6 Å². The van der Waals surface area contributed by atoms with Crippen LogP contribution >= 0.6 is 11.3 Å². The Morgan fingerprint density at radius 2 is 1.92 bits per heavy atom. The van der Waals surface area contributed by atoms with E-state index in [9.17, 15) is 13.2 Å². The summed E-state index contributed by atoms with van der Waals surface area (Å²) in [6.45, 7) is 2.04. The van der Waals surface area contributed by atoms with Gasteiger partial charge in [-0.2, -0.15) is 0 Å². The summed E-state index contributed by atoms with van der Waals surface area (Å²) in [5.41, 5.74) is 2.48. The van der Waals surface area contributed by atoms with Crippen LogP contribution in [0.1, 0.15) is 26.4 Å². The van der Waals surface area contributed by atoms with Crippen LogP contribution in [-0.2, 0) is 16.3 Å². The van der Waals surface area contributed by atoms with Crippen molar-refractivity contribution < 1.29 is 13.2 Å². The van der Waals surface area contributed by atoms with Gasteiger partial charge in [-0.25, -0.2) is 13.4 Å². The number of nitrogens with zero attached hydrogens (tertiary/aromatic N) is 1. The lowest BCUT2D eigenvalue weighted by atomic mass is 10.1. The second-order valence-corrected chi connectivity index (χ2v) is 9.12. The van der Waals surface area contributed by atoms with E-state index in [1.54, 1.807) is 18.3 Å². The molecular weight excluding hydrogens is 368 g/mol. The average molecular weight is 386 g/mol. The Balaban J connectivity index is 1.77. The van der Waals surface area contributed by atoms with E-state index in [0.29, 0.717) is 5.13 Å². The van der Waals surface area contributed by atoms with Gasteiger partial charge in [0.1, 0.15) is 0 Å². The summed E-state index contributed by atoms with van der Waals surface area (Å²) in [6, 6.07) is 14.4. The Labute approximate surface area is 156 Å². The van der Waals surface area contributed by atoms with Crippen LogP contribution < -0.4 is 5.32 Å². The normalized spacial score (nSPS) is 11.3. The molecule has 0 saturated carbocycles. The summed E-state index contributed by atoms with van der Waals surface area (Å²) in [5.74, 6) is -0.484. The summed E-state index contributed by atoms with van der Waals surface area (Å²) < 4.78 is 23.7. The van der Waals surface area contributed by atoms with Crippen molar-refractivity contribution in [3.8, 4) is 0 Å². The maximum Gasteiger partial charge on any atom is 0.258 e. The van der Waals surface area contributed by atoms with Gasteiger partial charge >= 0.3 is 0 Å². The highest BCUT2D eigenvalue weighted by molar-refractivity contribution is 7.90. The number of carbonyl (C=O) groups is 1. The number of aromatic nitrogens is 1. The van der Waals surface area contributed by atoms with Crippen molar-refractivity contribution in [3.63, 3.8) is 0 Å². The van der Waals surface area contributed by atoms with Crippen molar-refractivity contribution in [2.75, 3.05) is 11.6 Å². The molecule has 5 nitrogen and oxygen atoms in total. The quantitative estimate of drug-likeness (QED) is 0.725. The highest BCUT2D eigenvalue weighted by Gasteiger charge is 2.19. The number of nitrogens with one attached hydrogen (secondary N) is 1. The molecule has 7 heteroatoms. The fourth-order valence-corrected chi connectivity index (χ4v) is 4.34. The molecule has 1 heterocycles. The molecule has 0 aliphatic carbocycles. The van der Waals surface area contributed by atoms with Gasteiger partial charge in [-0.3, -0.25) is 10.1 Å². The van der Waals surface area contributed by atoms with Crippen molar-refractivity contribution in [2.45, 2.75) is 18.2 Å². The standard InChI is InChI=1S/C19H18N2O3S2/c1-13-6-5-7-14(10-13)11-15-12-20-19(25-15)21-18(22)16-8-3-4-9-17(16)26(2,23)24/h3-10,12H,11H2,1-2H3,(H,20,21,22). The van der Waals surface area contributed by atoms with E-state index in [0.717, 1.165) is 17.6 Å². The monoisotopic (exact) mass is 386 g/mol. The first-order valence-electron chi connectivity index (χ1n) is 7.93. The second-order valence-electron chi connectivity index (χ2n) is 6.02. The fourth-order valence-electron chi connectivity index (χ4n) is 2.61. The van der Waals surface area contributed by atoms with E-state index in [1.807, 2.05) is 25.1 Å². The van der Waals surface area contributed by atoms with Gasteiger partial charge in [0.05, 0.1) is 10.5 Å². The molecule has 26 heavy (non-hydrogen) atoms. The minimum absolute atomic E-state index is 0.00837. The van der Waals surface area contributed by atoms with Crippen LogP contribution in [0.3, 0.4) is 0 Å². The zero-order valence-corrected chi connectivity index (χ0v) is 16.0. The van der Waals surface area contributed by atoms with Gasteiger partial charge in [-0.1, -0.05) is 42.0 Å². The van der Waals surface area contributed by atoms with Crippen LogP contribution in [0, 0.1) is 6.92 Å². The first kappa shape index (κ1) is 18.3. The smallest absolute Gasteiger partial charge is 0.258 e. The molecule has 0 bridgehead atoms. The zero-order valence-electron chi connectivity index (χ0n) is 14.4. The third-order valence-corrected chi connectivity index (χ3v) is 5.83. The number of anilines is 1. The lowest BCUT2D eigenvalue weighted by Crippen LogP contribution is -2.15. The van der Waals surface area contributed by atoms with Crippen LogP contribution in [0.15, 0.2) is 59.6 Å². The van der Waals surface area contributed by atoms with Crippen molar-refractivity contribution in [1.82, 2.24) is 4.98 Å². The van der Waals surface area contributed by atoms with Gasteiger partial charge in [-0.15, -0.1) is 11.3 Å². The largest absolute Gasteiger partial charge is 0.298 e. The van der Waals surface area contributed by atoms with Crippen LogP contribution in [-0.4, -0.2) is 25.6 Å². The molecule has 1 amide bonds. The molecule has 1 aromatic heterocycles. The Hall–Kier alpha value is -2.51. The maximum atomic E-state index is 12.5. The summed E-state index contributed by atoms with van der Waals surface area (Å²) in [4.78, 5) is 17.7. The Morgan fingerprint density at radius 3 is 2.65 bits per heavy atom. The van der Waals surface area contributed by atoms with E-state index >= 15 is 0 Å². The SMILES string of the molecule is Cc1cccc(Cc2cnc(NC(=O)c3ccccc3S(C)(=O)=O)s2)c1. The first-order valence-corrected chi connectivity index (χ1v) is 10.6. The highest BCUT2D eigenvalue weighted by atomic mass is 32.2. The third-order valence-electron chi connectivity index (χ3n) is 3.77. The van der Waals surface area contributed by atoms with Gasteiger partial charge < -0.3 is 0 Å². The van der Waals surface area contributed by atoms with E-state index in [-0.39, 0.29) is 10.5 Å². The van der Waals surface area contributed by atoms with Crippen LogP contribution in [0.5, 0.6) is 0 Å². The third kappa shape index (κ3) is 4.36. The molecule has 3 rings (SSSR count). The van der Waals surface area contributed by atoms with E-state index in [4.69, 9.17) is 0 Å². The number of rotatable bonds is 5. The molecule has 134 valence electrons.